The summed E-state index contributed by atoms with van der Waals surface area (Å²) in [4.78, 5) is 4.32. The molecule has 1 aromatic heterocycles. The van der Waals surface area contributed by atoms with E-state index in [4.69, 9.17) is 9.26 Å². The highest BCUT2D eigenvalue weighted by molar-refractivity contribution is 5.27. The van der Waals surface area contributed by atoms with Gasteiger partial charge in [-0.25, -0.2) is 0 Å². The van der Waals surface area contributed by atoms with Crippen molar-refractivity contribution in [3.05, 3.63) is 41.5 Å². The lowest BCUT2D eigenvalue weighted by Crippen LogP contribution is -1.97. The van der Waals surface area contributed by atoms with Crippen LogP contribution in [0.2, 0.25) is 0 Å². The highest BCUT2D eigenvalue weighted by Gasteiger charge is 2.29. The predicted octanol–water partition coefficient (Wildman–Crippen LogP) is 3.09. The Labute approximate surface area is 106 Å². The van der Waals surface area contributed by atoms with Crippen molar-refractivity contribution in [3.8, 4) is 5.75 Å². The molecule has 94 valence electrons. The monoisotopic (exact) mass is 244 g/mol. The van der Waals surface area contributed by atoms with Crippen LogP contribution in [0.25, 0.3) is 0 Å². The summed E-state index contributed by atoms with van der Waals surface area (Å²) in [6.45, 7) is 2.50. The first-order chi connectivity index (χ1) is 8.85. The molecular formula is C14H16N2O2. The third-order valence-corrected chi connectivity index (χ3v) is 3.11. The molecule has 0 spiro atoms. The van der Waals surface area contributed by atoms with Gasteiger partial charge >= 0.3 is 0 Å². The Hall–Kier alpha value is -1.84. The zero-order valence-corrected chi connectivity index (χ0v) is 10.4. The van der Waals surface area contributed by atoms with E-state index in [9.17, 15) is 0 Å². The van der Waals surface area contributed by atoms with E-state index in [1.54, 1.807) is 0 Å². The molecule has 3 rings (SSSR count). The number of ether oxygens (including phenoxy) is 1. The van der Waals surface area contributed by atoms with E-state index in [1.165, 1.54) is 18.4 Å². The van der Waals surface area contributed by atoms with Crippen molar-refractivity contribution in [2.24, 2.45) is 0 Å². The molecule has 1 heterocycles. The van der Waals surface area contributed by atoms with Crippen molar-refractivity contribution in [2.45, 2.75) is 38.7 Å². The van der Waals surface area contributed by atoms with Crippen molar-refractivity contribution in [3.63, 3.8) is 0 Å². The minimum Gasteiger partial charge on any atom is -0.485 e. The number of nitrogens with zero attached hydrogens (tertiary/aromatic N) is 2. The van der Waals surface area contributed by atoms with E-state index in [0.717, 1.165) is 18.1 Å². The van der Waals surface area contributed by atoms with Gasteiger partial charge in [0.1, 0.15) is 5.75 Å². The fourth-order valence-corrected chi connectivity index (χ4v) is 1.79. The standard InChI is InChI=1S/C14H16N2O2/c1-2-10-3-7-12(8-4-10)17-9-13-15-14(18-16-13)11-5-6-11/h3-4,7-8,11H,2,5-6,9H2,1H3. The predicted molar refractivity (Wildman–Crippen MR) is 66.4 cm³/mol. The van der Waals surface area contributed by atoms with Crippen molar-refractivity contribution in [1.82, 2.24) is 10.1 Å². The number of aromatic nitrogens is 2. The Balaban J connectivity index is 1.58. The third kappa shape index (κ3) is 2.53. The van der Waals surface area contributed by atoms with Crippen molar-refractivity contribution < 1.29 is 9.26 Å². The summed E-state index contributed by atoms with van der Waals surface area (Å²) in [5.41, 5.74) is 1.30. The molecule has 0 radical (unpaired) electrons. The molecule has 0 bridgehead atoms. The molecule has 1 aliphatic rings. The molecule has 2 aromatic rings. The van der Waals surface area contributed by atoms with E-state index in [2.05, 4.69) is 29.2 Å². The second kappa shape index (κ2) is 4.80. The van der Waals surface area contributed by atoms with Gasteiger partial charge in [-0.05, 0) is 37.0 Å². The Bertz CT molecular complexity index is 515. The fraction of sp³-hybridized carbons (Fsp3) is 0.429. The maximum Gasteiger partial charge on any atom is 0.229 e. The second-order valence-electron chi connectivity index (χ2n) is 4.61. The van der Waals surface area contributed by atoms with Crippen LogP contribution in [0.3, 0.4) is 0 Å². The van der Waals surface area contributed by atoms with Gasteiger partial charge in [-0.3, -0.25) is 0 Å². The van der Waals surface area contributed by atoms with Gasteiger partial charge in [0.25, 0.3) is 0 Å². The summed E-state index contributed by atoms with van der Waals surface area (Å²) in [5, 5.41) is 3.92. The smallest absolute Gasteiger partial charge is 0.229 e. The first kappa shape index (κ1) is 11.3. The Kier molecular flexibility index (Phi) is 3.00. The quantitative estimate of drug-likeness (QED) is 0.811. The lowest BCUT2D eigenvalue weighted by atomic mass is 10.2. The summed E-state index contributed by atoms with van der Waals surface area (Å²) >= 11 is 0. The zero-order valence-electron chi connectivity index (χ0n) is 10.4. The molecule has 0 aliphatic heterocycles. The largest absolute Gasteiger partial charge is 0.485 e. The minimum atomic E-state index is 0.363. The molecule has 4 nitrogen and oxygen atoms in total. The van der Waals surface area contributed by atoms with Crippen LogP contribution in [0.5, 0.6) is 5.75 Å². The van der Waals surface area contributed by atoms with Gasteiger partial charge in [0.15, 0.2) is 6.61 Å². The highest BCUT2D eigenvalue weighted by atomic mass is 16.5. The summed E-state index contributed by atoms with van der Waals surface area (Å²) in [7, 11) is 0. The lowest BCUT2D eigenvalue weighted by Gasteiger charge is -2.03. The van der Waals surface area contributed by atoms with E-state index in [-0.39, 0.29) is 0 Å². The van der Waals surface area contributed by atoms with Gasteiger partial charge in [0.2, 0.25) is 11.7 Å². The first-order valence-electron chi connectivity index (χ1n) is 6.39. The van der Waals surface area contributed by atoms with Crippen LogP contribution in [-0.2, 0) is 13.0 Å². The molecule has 1 aliphatic carbocycles. The zero-order chi connectivity index (χ0) is 12.4. The molecule has 1 saturated carbocycles. The topological polar surface area (TPSA) is 48.2 Å². The average molecular weight is 244 g/mol. The molecule has 1 aromatic carbocycles. The Morgan fingerprint density at radius 1 is 1.28 bits per heavy atom. The number of aryl methyl sites for hydroxylation is 1. The second-order valence-corrected chi connectivity index (χ2v) is 4.61. The Morgan fingerprint density at radius 3 is 2.72 bits per heavy atom. The van der Waals surface area contributed by atoms with Gasteiger partial charge in [-0.2, -0.15) is 4.98 Å². The molecule has 1 fully saturated rings. The minimum absolute atomic E-state index is 0.363. The van der Waals surface area contributed by atoms with Crippen LogP contribution in [0.1, 0.15) is 43.0 Å². The molecule has 0 saturated heterocycles. The summed E-state index contributed by atoms with van der Waals surface area (Å²) in [6, 6.07) is 8.09. The average Bonchev–Trinajstić information content (AvgIpc) is 3.16. The van der Waals surface area contributed by atoms with Gasteiger partial charge in [-0.15, -0.1) is 0 Å². The van der Waals surface area contributed by atoms with Crippen molar-refractivity contribution >= 4 is 0 Å². The normalized spacial score (nSPS) is 14.7. The lowest BCUT2D eigenvalue weighted by molar-refractivity contribution is 0.285. The van der Waals surface area contributed by atoms with Crippen molar-refractivity contribution in [1.29, 1.82) is 0 Å². The number of hydrogen-bond acceptors (Lipinski definition) is 4. The molecular weight excluding hydrogens is 228 g/mol. The van der Waals surface area contributed by atoms with E-state index in [0.29, 0.717) is 18.3 Å². The van der Waals surface area contributed by atoms with Crippen LogP contribution in [-0.4, -0.2) is 10.1 Å². The summed E-state index contributed by atoms with van der Waals surface area (Å²) in [6.07, 6.45) is 3.37. The van der Waals surface area contributed by atoms with E-state index in [1.807, 2.05) is 12.1 Å². The first-order valence-corrected chi connectivity index (χ1v) is 6.39. The maximum atomic E-state index is 5.62. The SMILES string of the molecule is CCc1ccc(OCc2noc(C3CC3)n2)cc1. The Morgan fingerprint density at radius 2 is 2.06 bits per heavy atom. The molecule has 0 unspecified atom stereocenters. The third-order valence-electron chi connectivity index (χ3n) is 3.11. The van der Waals surface area contributed by atoms with Gasteiger partial charge in [0, 0.05) is 5.92 Å². The number of benzene rings is 1. The van der Waals surface area contributed by atoms with Crippen LogP contribution < -0.4 is 4.74 Å². The van der Waals surface area contributed by atoms with Gasteiger partial charge in [0.05, 0.1) is 0 Å². The van der Waals surface area contributed by atoms with Crippen LogP contribution in [0, 0.1) is 0 Å². The van der Waals surface area contributed by atoms with Gasteiger partial charge < -0.3 is 9.26 Å². The molecule has 4 heteroatoms. The van der Waals surface area contributed by atoms with Crippen molar-refractivity contribution in [2.75, 3.05) is 0 Å². The van der Waals surface area contributed by atoms with Crippen LogP contribution in [0.15, 0.2) is 28.8 Å². The molecule has 0 amide bonds. The molecule has 0 atom stereocenters. The summed E-state index contributed by atoms with van der Waals surface area (Å²) < 4.78 is 10.8. The molecule has 18 heavy (non-hydrogen) atoms. The fourth-order valence-electron chi connectivity index (χ4n) is 1.79. The number of rotatable bonds is 5. The molecule has 0 N–H and O–H groups in total. The van der Waals surface area contributed by atoms with Crippen LogP contribution in [0.4, 0.5) is 0 Å². The van der Waals surface area contributed by atoms with E-state index < -0.39 is 0 Å². The maximum absolute atomic E-state index is 5.62. The van der Waals surface area contributed by atoms with E-state index >= 15 is 0 Å². The van der Waals surface area contributed by atoms with Crippen LogP contribution >= 0.6 is 0 Å². The van der Waals surface area contributed by atoms with Gasteiger partial charge in [-0.1, -0.05) is 24.2 Å². The summed E-state index contributed by atoms with van der Waals surface area (Å²) in [5.74, 6) is 2.71. The highest BCUT2D eigenvalue weighted by Crippen LogP contribution is 2.38. The number of hydrogen-bond donors (Lipinski definition) is 0.